The Labute approximate surface area is 93.6 Å². The number of nitrogens with zero attached hydrogens (tertiary/aromatic N) is 2. The lowest BCUT2D eigenvalue weighted by Gasteiger charge is -2.14. The summed E-state index contributed by atoms with van der Waals surface area (Å²) in [4.78, 5) is 24.2. The molecule has 6 heteroatoms. The molecule has 0 radical (unpaired) electrons. The van der Waals surface area contributed by atoms with E-state index >= 15 is 0 Å². The second kappa shape index (κ2) is 5.29. The number of hydrogen-bond donors (Lipinski definition) is 1. The fourth-order valence-electron chi connectivity index (χ4n) is 1.20. The molecule has 0 fully saturated rings. The molecule has 0 atom stereocenters. The predicted molar refractivity (Wildman–Crippen MR) is 56.9 cm³/mol. The molecule has 16 heavy (non-hydrogen) atoms. The molecule has 0 aliphatic heterocycles. The normalized spacial score (nSPS) is 9.94. The van der Waals surface area contributed by atoms with E-state index in [1.54, 1.807) is 19.9 Å². The molecule has 6 nitrogen and oxygen atoms in total. The van der Waals surface area contributed by atoms with E-state index in [1.165, 1.54) is 11.9 Å². The molecular formula is C10H15N3O3. The van der Waals surface area contributed by atoms with Crippen LogP contribution in [0.1, 0.15) is 23.1 Å². The molecule has 1 rings (SSSR count). The van der Waals surface area contributed by atoms with Gasteiger partial charge in [0.1, 0.15) is 12.2 Å². The maximum absolute atomic E-state index is 11.7. The van der Waals surface area contributed by atoms with E-state index in [9.17, 15) is 9.59 Å². The molecule has 1 aromatic rings. The number of nitrogens with one attached hydrogen (secondary N) is 1. The maximum atomic E-state index is 11.7. The predicted octanol–water partition coefficient (Wildman–Crippen LogP) is 0.353. The molecule has 1 N–H and O–H groups in total. The number of rotatable bonds is 4. The fraction of sp³-hybridized carbons (Fsp3) is 0.500. The van der Waals surface area contributed by atoms with E-state index in [-0.39, 0.29) is 12.5 Å². The van der Waals surface area contributed by atoms with Crippen LogP contribution in [0.5, 0.6) is 0 Å². The van der Waals surface area contributed by atoms with Crippen LogP contribution >= 0.6 is 0 Å². The minimum absolute atomic E-state index is 0.0709. The van der Waals surface area contributed by atoms with Gasteiger partial charge in [-0.15, -0.1) is 0 Å². The van der Waals surface area contributed by atoms with Crippen LogP contribution in [0.3, 0.4) is 0 Å². The van der Waals surface area contributed by atoms with Crippen LogP contribution in [0.15, 0.2) is 6.07 Å². The molecule has 88 valence electrons. The van der Waals surface area contributed by atoms with Gasteiger partial charge in [-0.3, -0.25) is 14.7 Å². The van der Waals surface area contributed by atoms with Crippen molar-refractivity contribution in [2.75, 3.05) is 20.2 Å². The van der Waals surface area contributed by atoms with Crippen molar-refractivity contribution in [3.63, 3.8) is 0 Å². The number of hydrogen-bond acceptors (Lipinski definition) is 4. The Hall–Kier alpha value is -1.85. The first kappa shape index (κ1) is 12.2. The molecule has 0 aromatic carbocycles. The van der Waals surface area contributed by atoms with E-state index in [0.29, 0.717) is 12.3 Å². The average Bonchev–Trinajstić information content (AvgIpc) is 2.64. The van der Waals surface area contributed by atoms with Crippen molar-refractivity contribution in [2.24, 2.45) is 0 Å². The van der Waals surface area contributed by atoms with Crippen LogP contribution in [0, 0.1) is 6.92 Å². The number of amides is 1. The highest BCUT2D eigenvalue weighted by Crippen LogP contribution is 2.02. The summed E-state index contributed by atoms with van der Waals surface area (Å²) in [5.74, 6) is -0.733. The first-order chi connectivity index (χ1) is 7.54. The zero-order chi connectivity index (χ0) is 12.1. The van der Waals surface area contributed by atoms with Crippen molar-refractivity contribution < 1.29 is 14.3 Å². The van der Waals surface area contributed by atoms with Crippen LogP contribution in [-0.4, -0.2) is 47.2 Å². The Bertz CT molecular complexity index is 386. The fourth-order valence-corrected chi connectivity index (χ4v) is 1.20. The molecule has 1 aromatic heterocycles. The highest BCUT2D eigenvalue weighted by Gasteiger charge is 2.17. The lowest BCUT2D eigenvalue weighted by Crippen LogP contribution is -2.33. The van der Waals surface area contributed by atoms with Gasteiger partial charge in [-0.2, -0.15) is 5.10 Å². The van der Waals surface area contributed by atoms with E-state index in [2.05, 4.69) is 10.2 Å². The molecule has 0 aliphatic carbocycles. The Morgan fingerprint density at radius 3 is 2.75 bits per heavy atom. The topological polar surface area (TPSA) is 75.3 Å². The summed E-state index contributed by atoms with van der Waals surface area (Å²) in [6.45, 7) is 3.76. The van der Waals surface area contributed by atoms with Crippen LogP contribution < -0.4 is 0 Å². The van der Waals surface area contributed by atoms with Gasteiger partial charge in [0.2, 0.25) is 0 Å². The van der Waals surface area contributed by atoms with E-state index in [0.717, 1.165) is 5.69 Å². The molecule has 0 aliphatic rings. The number of aromatic nitrogens is 2. The van der Waals surface area contributed by atoms with Gasteiger partial charge >= 0.3 is 5.97 Å². The van der Waals surface area contributed by atoms with Crippen molar-refractivity contribution in [3.8, 4) is 0 Å². The molecule has 0 spiro atoms. The largest absolute Gasteiger partial charge is 0.465 e. The lowest BCUT2D eigenvalue weighted by atomic mass is 10.3. The van der Waals surface area contributed by atoms with Gasteiger partial charge in [-0.25, -0.2) is 0 Å². The first-order valence-corrected chi connectivity index (χ1v) is 4.97. The van der Waals surface area contributed by atoms with E-state index < -0.39 is 5.97 Å². The number of likely N-dealkylation sites (N-methyl/N-ethyl adjacent to an activating group) is 1. The number of carbonyl (C=O) groups excluding carboxylic acids is 2. The molecular weight excluding hydrogens is 210 g/mol. The number of ether oxygens (including phenoxy) is 1. The second-order valence-corrected chi connectivity index (χ2v) is 3.40. The summed E-state index contributed by atoms with van der Waals surface area (Å²) in [5.41, 5.74) is 1.09. The molecule has 1 amide bonds. The van der Waals surface area contributed by atoms with Crippen molar-refractivity contribution in [2.45, 2.75) is 13.8 Å². The quantitative estimate of drug-likeness (QED) is 0.750. The van der Waals surface area contributed by atoms with Crippen LogP contribution in [0.25, 0.3) is 0 Å². The Kier molecular flexibility index (Phi) is 4.04. The van der Waals surface area contributed by atoms with Crippen LogP contribution in [0.2, 0.25) is 0 Å². The number of esters is 1. The van der Waals surface area contributed by atoms with Gasteiger partial charge in [-0.05, 0) is 19.9 Å². The van der Waals surface area contributed by atoms with E-state index in [1.807, 2.05) is 0 Å². The third-order valence-corrected chi connectivity index (χ3v) is 1.94. The number of aryl methyl sites for hydroxylation is 1. The maximum Gasteiger partial charge on any atom is 0.325 e. The van der Waals surface area contributed by atoms with Crippen LogP contribution in [-0.2, 0) is 9.53 Å². The third kappa shape index (κ3) is 3.08. The summed E-state index contributed by atoms with van der Waals surface area (Å²) in [5, 5.41) is 6.49. The van der Waals surface area contributed by atoms with Gasteiger partial charge in [0.25, 0.3) is 5.91 Å². The molecule has 0 bridgehead atoms. The second-order valence-electron chi connectivity index (χ2n) is 3.40. The molecule has 0 saturated heterocycles. The Morgan fingerprint density at radius 2 is 2.25 bits per heavy atom. The van der Waals surface area contributed by atoms with Crippen molar-refractivity contribution in [1.82, 2.24) is 15.1 Å². The number of aromatic amines is 1. The molecule has 1 heterocycles. The minimum Gasteiger partial charge on any atom is -0.465 e. The monoisotopic (exact) mass is 225 g/mol. The van der Waals surface area contributed by atoms with Crippen LogP contribution in [0.4, 0.5) is 0 Å². The van der Waals surface area contributed by atoms with Gasteiger partial charge in [0, 0.05) is 12.7 Å². The lowest BCUT2D eigenvalue weighted by molar-refractivity contribution is -0.143. The van der Waals surface area contributed by atoms with Gasteiger partial charge < -0.3 is 9.64 Å². The summed E-state index contributed by atoms with van der Waals surface area (Å²) >= 11 is 0. The highest BCUT2D eigenvalue weighted by molar-refractivity contribution is 5.94. The average molecular weight is 225 g/mol. The summed E-state index contributed by atoms with van der Waals surface area (Å²) in [6.07, 6.45) is 0. The van der Waals surface area contributed by atoms with Gasteiger partial charge in [0.15, 0.2) is 0 Å². The summed E-state index contributed by atoms with van der Waals surface area (Å²) < 4.78 is 4.74. The zero-order valence-electron chi connectivity index (χ0n) is 9.61. The Balaban J connectivity index is 2.57. The Morgan fingerprint density at radius 1 is 1.56 bits per heavy atom. The zero-order valence-corrected chi connectivity index (χ0v) is 9.61. The summed E-state index contributed by atoms with van der Waals surface area (Å²) in [7, 11) is 1.53. The number of carbonyl (C=O) groups is 2. The molecule has 0 unspecified atom stereocenters. The first-order valence-electron chi connectivity index (χ1n) is 4.97. The SMILES string of the molecule is CCOC(=O)CN(C)C(=O)c1cc(C)[nH]n1. The molecule has 0 saturated carbocycles. The minimum atomic E-state index is -0.425. The third-order valence-electron chi connectivity index (χ3n) is 1.94. The standard InChI is InChI=1S/C10H15N3O3/c1-4-16-9(14)6-13(3)10(15)8-5-7(2)11-12-8/h5H,4,6H2,1-3H3,(H,11,12). The van der Waals surface area contributed by atoms with E-state index in [4.69, 9.17) is 4.74 Å². The van der Waals surface area contributed by atoms with Gasteiger partial charge in [-0.1, -0.05) is 0 Å². The van der Waals surface area contributed by atoms with Crippen molar-refractivity contribution in [3.05, 3.63) is 17.5 Å². The smallest absolute Gasteiger partial charge is 0.325 e. The van der Waals surface area contributed by atoms with Crippen molar-refractivity contribution >= 4 is 11.9 Å². The summed E-state index contributed by atoms with van der Waals surface area (Å²) in [6, 6.07) is 1.63. The van der Waals surface area contributed by atoms with Crippen molar-refractivity contribution in [1.29, 1.82) is 0 Å². The van der Waals surface area contributed by atoms with Gasteiger partial charge in [0.05, 0.1) is 6.61 Å². The number of H-pyrrole nitrogens is 1. The highest BCUT2D eigenvalue weighted by atomic mass is 16.5.